The normalized spacial score (nSPS) is 11.2. The van der Waals surface area contributed by atoms with E-state index in [1.807, 2.05) is 66.7 Å². The van der Waals surface area contributed by atoms with E-state index >= 15 is 0 Å². The summed E-state index contributed by atoms with van der Waals surface area (Å²) in [7, 11) is 0. The molecule has 0 amide bonds. The van der Waals surface area contributed by atoms with Crippen LogP contribution < -0.4 is 4.74 Å². The predicted molar refractivity (Wildman–Crippen MR) is 142 cm³/mol. The number of benzene rings is 4. The topological polar surface area (TPSA) is 39.9 Å². The molecule has 36 heavy (non-hydrogen) atoms. The van der Waals surface area contributed by atoms with Crippen molar-refractivity contribution in [2.75, 3.05) is 0 Å². The summed E-state index contributed by atoms with van der Waals surface area (Å²) in [6.45, 7) is 0. The molecule has 0 aliphatic carbocycles. The molecule has 174 valence electrons. The standard InChI is InChI=1S/C30H18N3OS.Pt/c35-27-17-19-7-1-2-8-21(19)24-14-15-29(32-30(24)27)34-20-12-13-23-22-9-3-4-10-25(22)33(26(23)18-20)28-11-5-6-16-31-28;/h1-17,35H;/q-1;+2/p-1. The average molecular weight is 663 g/mol. The molecule has 0 aliphatic heterocycles. The van der Waals surface area contributed by atoms with Crippen LogP contribution in [0.25, 0.3) is 49.3 Å². The van der Waals surface area contributed by atoms with Crippen LogP contribution in [0.15, 0.2) is 108 Å². The Morgan fingerprint density at radius 2 is 1.53 bits per heavy atom. The summed E-state index contributed by atoms with van der Waals surface area (Å²) in [6.07, 6.45) is 1.80. The predicted octanol–water partition coefficient (Wildman–Crippen LogP) is 7.38. The number of hydrogen-bond donors (Lipinski definition) is 0. The zero-order valence-electron chi connectivity index (χ0n) is 18.8. The summed E-state index contributed by atoms with van der Waals surface area (Å²) >= 11 is 5.64. The van der Waals surface area contributed by atoms with Crippen molar-refractivity contribution >= 4 is 56.1 Å². The molecule has 7 aromatic rings. The van der Waals surface area contributed by atoms with E-state index in [0.29, 0.717) is 16.5 Å². The van der Waals surface area contributed by atoms with Gasteiger partial charge in [-0.05, 0) is 40.4 Å². The number of pyridine rings is 2. The fourth-order valence-corrected chi connectivity index (χ4v) is 5.03. The van der Waals surface area contributed by atoms with Crippen molar-refractivity contribution in [1.82, 2.24) is 14.5 Å². The Morgan fingerprint density at radius 3 is 2.39 bits per heavy atom. The Morgan fingerprint density at radius 1 is 0.750 bits per heavy atom. The van der Waals surface area contributed by atoms with Crippen LogP contribution in [0.3, 0.4) is 0 Å². The molecule has 0 saturated carbocycles. The van der Waals surface area contributed by atoms with Gasteiger partial charge in [0.25, 0.3) is 0 Å². The van der Waals surface area contributed by atoms with Crippen molar-refractivity contribution in [3.63, 3.8) is 0 Å². The molecule has 4 nitrogen and oxygen atoms in total. The molecule has 0 aliphatic rings. The molecule has 0 atom stereocenters. The van der Waals surface area contributed by atoms with Gasteiger partial charge in [-0.15, -0.1) is 22.4 Å². The third-order valence-electron chi connectivity index (χ3n) is 6.29. The first-order valence-corrected chi connectivity index (χ1v) is 11.7. The van der Waals surface area contributed by atoms with Crippen LogP contribution in [-0.2, 0) is 33.7 Å². The smallest absolute Gasteiger partial charge is 0.778 e. The van der Waals surface area contributed by atoms with Crippen molar-refractivity contribution in [1.29, 1.82) is 0 Å². The van der Waals surface area contributed by atoms with Gasteiger partial charge in [0.15, 0.2) is 0 Å². The number of nitrogens with zero attached hydrogens (tertiary/aromatic N) is 3. The van der Waals surface area contributed by atoms with Gasteiger partial charge in [0.1, 0.15) is 5.82 Å². The molecular weight excluding hydrogens is 645 g/mol. The van der Waals surface area contributed by atoms with Gasteiger partial charge in [-0.2, -0.15) is 6.07 Å². The molecular formula is C30H17N3OPtS. The van der Waals surface area contributed by atoms with E-state index in [2.05, 4.69) is 45.9 Å². The van der Waals surface area contributed by atoms with Crippen LogP contribution in [0.5, 0.6) is 11.6 Å². The first-order valence-electron chi connectivity index (χ1n) is 11.3. The van der Waals surface area contributed by atoms with Crippen LogP contribution >= 0.6 is 0 Å². The van der Waals surface area contributed by atoms with Gasteiger partial charge in [-0.3, -0.25) is 0 Å². The Bertz CT molecular complexity index is 1900. The average Bonchev–Trinajstić information content (AvgIpc) is 3.23. The van der Waals surface area contributed by atoms with Crippen LogP contribution in [-0.4, -0.2) is 14.5 Å². The second kappa shape index (κ2) is 9.01. The van der Waals surface area contributed by atoms with E-state index in [0.717, 1.165) is 49.3 Å². The van der Waals surface area contributed by atoms with Gasteiger partial charge in [-0.1, -0.05) is 60.1 Å². The van der Waals surface area contributed by atoms with Crippen molar-refractivity contribution < 1.29 is 25.8 Å². The molecule has 6 heteroatoms. The number of fused-ring (bicyclic) bond motifs is 6. The van der Waals surface area contributed by atoms with Gasteiger partial charge in [0.2, 0.25) is 5.88 Å². The van der Waals surface area contributed by atoms with E-state index in [9.17, 15) is 0 Å². The van der Waals surface area contributed by atoms with Gasteiger partial charge < -0.3 is 21.9 Å². The number of hydrogen-bond acceptors (Lipinski definition) is 4. The van der Waals surface area contributed by atoms with Crippen LogP contribution in [0.2, 0.25) is 0 Å². The second-order valence-corrected chi connectivity index (χ2v) is 8.81. The fourth-order valence-electron chi connectivity index (χ4n) is 4.75. The van der Waals surface area contributed by atoms with E-state index in [4.69, 9.17) is 22.3 Å². The molecule has 3 heterocycles. The van der Waals surface area contributed by atoms with Crippen LogP contribution in [0.4, 0.5) is 0 Å². The summed E-state index contributed by atoms with van der Waals surface area (Å²) < 4.78 is 8.31. The summed E-state index contributed by atoms with van der Waals surface area (Å²) in [5, 5.41) is 5.49. The Labute approximate surface area is 227 Å². The zero-order chi connectivity index (χ0) is 23.4. The number of rotatable bonds is 3. The van der Waals surface area contributed by atoms with Gasteiger partial charge in [0, 0.05) is 28.9 Å². The first-order chi connectivity index (χ1) is 17.3. The minimum absolute atomic E-state index is 0. The summed E-state index contributed by atoms with van der Waals surface area (Å²) in [6, 6.07) is 35.7. The van der Waals surface area contributed by atoms with Crippen molar-refractivity contribution in [2.24, 2.45) is 0 Å². The minimum atomic E-state index is 0. The second-order valence-electron chi connectivity index (χ2n) is 8.37. The third-order valence-corrected chi connectivity index (χ3v) is 6.60. The van der Waals surface area contributed by atoms with E-state index in [1.54, 1.807) is 6.20 Å². The quantitative estimate of drug-likeness (QED) is 0.113. The molecule has 0 saturated heterocycles. The SMILES string of the molecule is [Pt+2].[S-]c1cc2ccccc2c2ccc(Oc3[c-]c4c(cc3)c3ccccc3n4-c3ccccn3)nc12. The van der Waals surface area contributed by atoms with E-state index in [1.165, 1.54) is 0 Å². The summed E-state index contributed by atoms with van der Waals surface area (Å²) in [5.41, 5.74) is 2.74. The number of para-hydroxylation sites is 1. The number of aromatic nitrogens is 3. The Kier molecular flexibility index (Phi) is 5.67. The maximum Gasteiger partial charge on any atom is 2.00 e. The third kappa shape index (κ3) is 3.63. The maximum atomic E-state index is 6.20. The van der Waals surface area contributed by atoms with Crippen molar-refractivity contribution in [3.8, 4) is 17.4 Å². The molecule has 0 bridgehead atoms. The zero-order valence-corrected chi connectivity index (χ0v) is 21.9. The molecule has 0 N–H and O–H groups in total. The van der Waals surface area contributed by atoms with Crippen LogP contribution in [0, 0.1) is 6.07 Å². The monoisotopic (exact) mass is 662 g/mol. The Balaban J connectivity index is 0.00000240. The molecule has 0 radical (unpaired) electrons. The maximum absolute atomic E-state index is 6.20. The van der Waals surface area contributed by atoms with Crippen molar-refractivity contribution in [2.45, 2.75) is 4.90 Å². The fraction of sp³-hybridized carbons (Fsp3) is 0. The molecule has 7 rings (SSSR count). The minimum Gasteiger partial charge on any atom is -0.778 e. The molecule has 0 spiro atoms. The Hall–Kier alpha value is -3.79. The molecule has 3 aromatic heterocycles. The van der Waals surface area contributed by atoms with Crippen LogP contribution in [0.1, 0.15) is 0 Å². The van der Waals surface area contributed by atoms with E-state index in [-0.39, 0.29) is 21.1 Å². The molecule has 4 aromatic carbocycles. The van der Waals surface area contributed by atoms with Gasteiger partial charge in [-0.25, -0.2) is 9.97 Å². The number of ether oxygens (including phenoxy) is 1. The van der Waals surface area contributed by atoms with Gasteiger partial charge >= 0.3 is 21.1 Å². The van der Waals surface area contributed by atoms with Gasteiger partial charge in [0.05, 0.1) is 5.52 Å². The molecule has 0 fully saturated rings. The first kappa shape index (κ1) is 22.7. The molecule has 0 unspecified atom stereocenters. The van der Waals surface area contributed by atoms with E-state index < -0.39 is 0 Å². The van der Waals surface area contributed by atoms with Crippen molar-refractivity contribution in [3.05, 3.63) is 109 Å². The summed E-state index contributed by atoms with van der Waals surface area (Å²) in [5.74, 6) is 1.89. The largest absolute Gasteiger partial charge is 2.00 e. The summed E-state index contributed by atoms with van der Waals surface area (Å²) in [4.78, 5) is 10.0.